The molecule has 3 aromatic carbocycles. The van der Waals surface area contributed by atoms with Crippen molar-refractivity contribution in [2.75, 3.05) is 18.6 Å². The molecule has 0 aromatic heterocycles. The summed E-state index contributed by atoms with van der Waals surface area (Å²) < 4.78 is 5.25. The monoisotopic (exact) mass is 343 g/mol. The molecule has 4 rings (SSSR count). The van der Waals surface area contributed by atoms with Gasteiger partial charge in [-0.05, 0) is 35.2 Å². The van der Waals surface area contributed by atoms with E-state index < -0.39 is 0 Å². The van der Waals surface area contributed by atoms with Crippen molar-refractivity contribution in [3.63, 3.8) is 0 Å². The average Bonchev–Trinajstić information content (AvgIpc) is 3.12. The summed E-state index contributed by atoms with van der Waals surface area (Å²) in [4.78, 5) is 13.4. The minimum atomic E-state index is 0.705. The van der Waals surface area contributed by atoms with Crippen LogP contribution in [0.3, 0.4) is 0 Å². The van der Waals surface area contributed by atoms with Crippen molar-refractivity contribution in [2.45, 2.75) is 13.0 Å². The smallest absolute Gasteiger partial charge is 0.150 e. The Balaban J connectivity index is 1.67. The van der Waals surface area contributed by atoms with Crippen LogP contribution in [-0.4, -0.2) is 19.9 Å². The molecule has 0 atom stereocenters. The lowest BCUT2D eigenvalue weighted by atomic mass is 9.99. The zero-order valence-electron chi connectivity index (χ0n) is 14.8. The van der Waals surface area contributed by atoms with E-state index in [2.05, 4.69) is 35.2 Å². The topological polar surface area (TPSA) is 29.5 Å². The highest BCUT2D eigenvalue weighted by Crippen LogP contribution is 2.39. The van der Waals surface area contributed by atoms with Gasteiger partial charge in [0.05, 0.1) is 7.11 Å². The van der Waals surface area contributed by atoms with Gasteiger partial charge in [-0.1, -0.05) is 54.6 Å². The van der Waals surface area contributed by atoms with Crippen LogP contribution in [-0.2, 0) is 13.0 Å². The van der Waals surface area contributed by atoms with E-state index in [4.69, 9.17) is 4.74 Å². The Hall–Kier alpha value is -3.07. The third kappa shape index (κ3) is 3.08. The van der Waals surface area contributed by atoms with Crippen molar-refractivity contribution in [1.29, 1.82) is 0 Å². The molecule has 3 heteroatoms. The number of anilines is 1. The van der Waals surface area contributed by atoms with Gasteiger partial charge in [0.25, 0.3) is 0 Å². The number of methoxy groups -OCH3 is 1. The molecule has 0 spiro atoms. The molecule has 1 aliphatic heterocycles. The summed E-state index contributed by atoms with van der Waals surface area (Å²) >= 11 is 0. The minimum absolute atomic E-state index is 0.705. The van der Waals surface area contributed by atoms with E-state index in [1.165, 1.54) is 22.4 Å². The number of carbonyl (C=O) groups excluding carboxylic acids is 1. The molecule has 0 bridgehead atoms. The van der Waals surface area contributed by atoms with Crippen molar-refractivity contribution in [2.24, 2.45) is 0 Å². The minimum Gasteiger partial charge on any atom is -0.497 e. The van der Waals surface area contributed by atoms with Crippen LogP contribution in [0, 0.1) is 0 Å². The quantitative estimate of drug-likeness (QED) is 0.627. The first-order valence-electron chi connectivity index (χ1n) is 8.84. The molecule has 0 saturated heterocycles. The molecule has 0 amide bonds. The summed E-state index contributed by atoms with van der Waals surface area (Å²) in [6.07, 6.45) is 1.95. The predicted octanol–water partition coefficient (Wildman–Crippen LogP) is 4.74. The number of hydrogen-bond acceptors (Lipinski definition) is 3. The molecule has 26 heavy (non-hydrogen) atoms. The Morgan fingerprint density at radius 3 is 2.46 bits per heavy atom. The fourth-order valence-corrected chi connectivity index (χ4v) is 3.62. The lowest BCUT2D eigenvalue weighted by molar-refractivity contribution is 0.112. The van der Waals surface area contributed by atoms with Crippen LogP contribution in [0.15, 0.2) is 66.7 Å². The number of rotatable bonds is 5. The maximum atomic E-state index is 10.9. The van der Waals surface area contributed by atoms with Gasteiger partial charge in [-0.25, -0.2) is 0 Å². The van der Waals surface area contributed by atoms with E-state index in [9.17, 15) is 4.79 Å². The van der Waals surface area contributed by atoms with E-state index >= 15 is 0 Å². The van der Waals surface area contributed by atoms with Crippen LogP contribution in [0.4, 0.5) is 5.69 Å². The Bertz CT molecular complexity index is 914. The average molecular weight is 343 g/mol. The largest absolute Gasteiger partial charge is 0.497 e. The number of hydrogen-bond donors (Lipinski definition) is 0. The van der Waals surface area contributed by atoms with Crippen LogP contribution in [0.2, 0.25) is 0 Å². The van der Waals surface area contributed by atoms with Crippen LogP contribution < -0.4 is 9.64 Å². The highest BCUT2D eigenvalue weighted by atomic mass is 16.5. The number of nitrogens with zero attached hydrogens (tertiary/aromatic N) is 1. The molecule has 0 fully saturated rings. The first-order valence-corrected chi connectivity index (χ1v) is 8.84. The summed E-state index contributed by atoms with van der Waals surface area (Å²) in [5, 5.41) is 0. The summed E-state index contributed by atoms with van der Waals surface area (Å²) in [6, 6.07) is 22.6. The van der Waals surface area contributed by atoms with E-state index in [1.807, 2.05) is 36.4 Å². The Labute approximate surface area is 153 Å². The van der Waals surface area contributed by atoms with Gasteiger partial charge in [-0.2, -0.15) is 0 Å². The second-order valence-corrected chi connectivity index (χ2v) is 6.57. The van der Waals surface area contributed by atoms with Crippen LogP contribution >= 0.6 is 0 Å². The van der Waals surface area contributed by atoms with E-state index in [0.717, 1.165) is 37.1 Å². The standard InChI is InChI=1S/C23H21NO2/c1-26-21-11-7-17(8-12-21)15-24-14-13-20-3-2-4-22(23(20)24)19-9-5-18(16-25)6-10-19/h2-12,16H,13-15H2,1H3. The summed E-state index contributed by atoms with van der Waals surface area (Å²) in [6.45, 7) is 1.89. The van der Waals surface area contributed by atoms with Crippen LogP contribution in [0.25, 0.3) is 11.1 Å². The highest BCUT2D eigenvalue weighted by Gasteiger charge is 2.22. The summed E-state index contributed by atoms with van der Waals surface area (Å²) in [7, 11) is 1.69. The first kappa shape index (κ1) is 16.4. The molecule has 0 unspecified atom stereocenters. The Morgan fingerprint density at radius 2 is 1.77 bits per heavy atom. The molecular formula is C23H21NO2. The Morgan fingerprint density at radius 1 is 1.00 bits per heavy atom. The van der Waals surface area contributed by atoms with Gasteiger partial charge < -0.3 is 9.64 Å². The maximum absolute atomic E-state index is 10.9. The zero-order chi connectivity index (χ0) is 17.9. The van der Waals surface area contributed by atoms with Crippen molar-refractivity contribution in [3.05, 3.63) is 83.4 Å². The SMILES string of the molecule is COc1ccc(CN2CCc3cccc(-c4ccc(C=O)cc4)c32)cc1. The molecule has 1 aliphatic rings. The lowest BCUT2D eigenvalue weighted by Crippen LogP contribution is -2.20. The van der Waals surface area contributed by atoms with Gasteiger partial charge in [0.1, 0.15) is 12.0 Å². The van der Waals surface area contributed by atoms with Crippen LogP contribution in [0.1, 0.15) is 21.5 Å². The van der Waals surface area contributed by atoms with Gasteiger partial charge >= 0.3 is 0 Å². The predicted molar refractivity (Wildman–Crippen MR) is 105 cm³/mol. The molecule has 1 heterocycles. The maximum Gasteiger partial charge on any atom is 0.150 e. The number of para-hydroxylation sites is 1. The number of carbonyl (C=O) groups is 1. The molecule has 0 aliphatic carbocycles. The molecular weight excluding hydrogens is 322 g/mol. The third-order valence-electron chi connectivity index (χ3n) is 4.98. The molecule has 0 radical (unpaired) electrons. The van der Waals surface area contributed by atoms with E-state index in [1.54, 1.807) is 7.11 Å². The number of fused-ring (bicyclic) bond motifs is 1. The van der Waals surface area contributed by atoms with Crippen molar-refractivity contribution < 1.29 is 9.53 Å². The zero-order valence-corrected chi connectivity index (χ0v) is 14.8. The molecule has 0 N–H and O–H groups in total. The second kappa shape index (κ2) is 7.04. The van der Waals surface area contributed by atoms with Crippen molar-refractivity contribution in [3.8, 4) is 16.9 Å². The number of ether oxygens (including phenoxy) is 1. The van der Waals surface area contributed by atoms with Gasteiger partial charge in [0.15, 0.2) is 0 Å². The first-order chi connectivity index (χ1) is 12.8. The van der Waals surface area contributed by atoms with Crippen molar-refractivity contribution >= 4 is 12.0 Å². The molecule has 3 nitrogen and oxygen atoms in total. The van der Waals surface area contributed by atoms with Gasteiger partial charge in [-0.3, -0.25) is 4.79 Å². The molecule has 130 valence electrons. The van der Waals surface area contributed by atoms with Crippen LogP contribution in [0.5, 0.6) is 5.75 Å². The fraction of sp³-hybridized carbons (Fsp3) is 0.174. The third-order valence-corrected chi connectivity index (χ3v) is 4.98. The highest BCUT2D eigenvalue weighted by molar-refractivity contribution is 5.84. The summed E-state index contributed by atoms with van der Waals surface area (Å²) in [5.74, 6) is 0.881. The second-order valence-electron chi connectivity index (χ2n) is 6.57. The molecule has 3 aromatic rings. The summed E-state index contributed by atoms with van der Waals surface area (Å²) in [5.41, 5.74) is 7.04. The number of benzene rings is 3. The Kier molecular flexibility index (Phi) is 4.44. The lowest BCUT2D eigenvalue weighted by Gasteiger charge is -2.23. The van der Waals surface area contributed by atoms with Gasteiger partial charge in [-0.15, -0.1) is 0 Å². The van der Waals surface area contributed by atoms with Gasteiger partial charge in [0.2, 0.25) is 0 Å². The van der Waals surface area contributed by atoms with E-state index in [-0.39, 0.29) is 0 Å². The van der Waals surface area contributed by atoms with Gasteiger partial charge in [0, 0.05) is 29.9 Å². The van der Waals surface area contributed by atoms with E-state index in [0.29, 0.717) is 5.56 Å². The fourth-order valence-electron chi connectivity index (χ4n) is 3.62. The molecule has 0 saturated carbocycles. The normalized spacial score (nSPS) is 12.7. The van der Waals surface area contributed by atoms with Crippen molar-refractivity contribution in [1.82, 2.24) is 0 Å². The number of aldehydes is 1.